The van der Waals surface area contributed by atoms with E-state index < -0.39 is 17.0 Å². The topological polar surface area (TPSA) is 92.5 Å². The Morgan fingerprint density at radius 3 is 2.64 bits per heavy atom. The molecule has 1 aromatic heterocycles. The van der Waals surface area contributed by atoms with Crippen molar-refractivity contribution >= 4 is 34.5 Å². The van der Waals surface area contributed by atoms with Gasteiger partial charge in [-0.2, -0.15) is 0 Å². The van der Waals surface area contributed by atoms with Gasteiger partial charge in [-0.25, -0.2) is 9.37 Å². The van der Waals surface area contributed by atoms with Gasteiger partial charge in [0.05, 0.1) is 16.2 Å². The molecule has 2 amide bonds. The van der Waals surface area contributed by atoms with Crippen molar-refractivity contribution < 1.29 is 19.1 Å². The molecular formula is C24H24FN3O4S. The summed E-state index contributed by atoms with van der Waals surface area (Å²) in [5.41, 5.74) is 0.557. The number of halogens is 1. The second-order valence-electron chi connectivity index (χ2n) is 7.85. The summed E-state index contributed by atoms with van der Waals surface area (Å²) >= 11 is 1.18. The van der Waals surface area contributed by atoms with Crippen molar-refractivity contribution in [1.82, 2.24) is 14.5 Å². The van der Waals surface area contributed by atoms with Crippen molar-refractivity contribution in [2.75, 3.05) is 13.2 Å². The molecule has 0 spiro atoms. The second-order valence-corrected chi connectivity index (χ2v) is 9.02. The average Bonchev–Trinajstić information content (AvgIpc) is 3.00. The van der Waals surface area contributed by atoms with Gasteiger partial charge in [0, 0.05) is 25.3 Å². The van der Waals surface area contributed by atoms with Crippen LogP contribution in [0.1, 0.15) is 36.0 Å². The molecule has 1 aliphatic rings. The highest BCUT2D eigenvalue weighted by atomic mass is 32.2. The predicted octanol–water partition coefficient (Wildman–Crippen LogP) is 3.23. The van der Waals surface area contributed by atoms with Gasteiger partial charge in [0.25, 0.3) is 11.5 Å². The maximum absolute atomic E-state index is 13.4. The minimum absolute atomic E-state index is 0.0777. The molecule has 4 rings (SSSR count). The van der Waals surface area contributed by atoms with Gasteiger partial charge in [0.2, 0.25) is 5.91 Å². The molecule has 1 atom stereocenters. The number of nitrogens with zero attached hydrogens (tertiary/aromatic N) is 3. The SMILES string of the molecule is O=C(c1ccc(F)cc1)N1CCCC[C@H](Sc2nc3ccccc3c(=O)n2CCCO)C1=O. The minimum atomic E-state index is -0.592. The molecule has 0 unspecified atom stereocenters. The Morgan fingerprint density at radius 1 is 1.12 bits per heavy atom. The number of para-hydroxylation sites is 1. The minimum Gasteiger partial charge on any atom is -0.396 e. The summed E-state index contributed by atoms with van der Waals surface area (Å²) in [5, 5.41) is 9.55. The molecule has 0 bridgehead atoms. The normalized spacial score (nSPS) is 16.7. The number of aliphatic hydroxyl groups is 1. The first-order chi connectivity index (χ1) is 16.0. The summed E-state index contributed by atoms with van der Waals surface area (Å²) in [4.78, 5) is 45.3. The number of fused-ring (bicyclic) bond motifs is 1. The van der Waals surface area contributed by atoms with Gasteiger partial charge >= 0.3 is 0 Å². The first kappa shape index (κ1) is 23.1. The Kier molecular flexibility index (Phi) is 7.20. The molecule has 1 N–H and O–H groups in total. The molecule has 2 aromatic carbocycles. The van der Waals surface area contributed by atoms with Crippen molar-refractivity contribution in [3.8, 4) is 0 Å². The lowest BCUT2D eigenvalue weighted by Crippen LogP contribution is -2.41. The average molecular weight is 470 g/mol. The molecule has 1 fully saturated rings. The fourth-order valence-corrected chi connectivity index (χ4v) is 5.08. The zero-order valence-corrected chi connectivity index (χ0v) is 18.8. The fraction of sp³-hybridized carbons (Fsp3) is 0.333. The number of aliphatic hydroxyl groups excluding tert-OH is 1. The lowest BCUT2D eigenvalue weighted by atomic mass is 10.2. The van der Waals surface area contributed by atoms with E-state index in [1.807, 2.05) is 0 Å². The highest BCUT2D eigenvalue weighted by Gasteiger charge is 2.33. The molecule has 9 heteroatoms. The maximum Gasteiger partial charge on any atom is 0.262 e. The van der Waals surface area contributed by atoms with Gasteiger partial charge in [-0.15, -0.1) is 0 Å². The van der Waals surface area contributed by atoms with Crippen molar-refractivity contribution in [1.29, 1.82) is 0 Å². The van der Waals surface area contributed by atoms with Crippen LogP contribution in [0.5, 0.6) is 0 Å². The summed E-state index contributed by atoms with van der Waals surface area (Å²) in [6.07, 6.45) is 2.32. The third-order valence-electron chi connectivity index (χ3n) is 5.59. The molecule has 0 radical (unpaired) electrons. The molecule has 172 valence electrons. The zero-order chi connectivity index (χ0) is 23.4. The summed E-state index contributed by atoms with van der Waals surface area (Å²) in [5.74, 6) is -1.26. The third kappa shape index (κ3) is 4.99. The monoisotopic (exact) mass is 469 g/mol. The number of likely N-dealkylation sites (tertiary alicyclic amines) is 1. The van der Waals surface area contributed by atoms with Crippen molar-refractivity contribution in [3.63, 3.8) is 0 Å². The predicted molar refractivity (Wildman–Crippen MR) is 124 cm³/mol. The summed E-state index contributed by atoms with van der Waals surface area (Å²) < 4.78 is 14.8. The highest BCUT2D eigenvalue weighted by Crippen LogP contribution is 2.30. The van der Waals surface area contributed by atoms with Crippen LogP contribution in [0.3, 0.4) is 0 Å². The maximum atomic E-state index is 13.4. The van der Waals surface area contributed by atoms with Crippen LogP contribution in [0.15, 0.2) is 58.5 Å². The van der Waals surface area contributed by atoms with Crippen molar-refractivity contribution in [3.05, 3.63) is 70.3 Å². The summed E-state index contributed by atoms with van der Waals surface area (Å²) in [6.45, 7) is 0.481. The second kappa shape index (κ2) is 10.3. The van der Waals surface area contributed by atoms with E-state index in [1.54, 1.807) is 24.3 Å². The van der Waals surface area contributed by atoms with E-state index in [-0.39, 0.29) is 36.7 Å². The number of aromatic nitrogens is 2. The standard InChI is InChI=1S/C24H24FN3O4S/c25-17-11-9-16(10-12-17)21(30)27-13-4-3-8-20(23(27)32)33-24-26-19-7-2-1-6-18(19)22(31)28(24)14-5-15-29/h1-2,6-7,9-12,20,29H,3-5,8,13-15H2/t20-/m0/s1. The molecule has 3 aromatic rings. The lowest BCUT2D eigenvalue weighted by molar-refractivity contribution is -0.127. The van der Waals surface area contributed by atoms with Crippen LogP contribution in [0.2, 0.25) is 0 Å². The van der Waals surface area contributed by atoms with Gasteiger partial charge in [0.1, 0.15) is 5.82 Å². The van der Waals surface area contributed by atoms with E-state index in [9.17, 15) is 23.9 Å². The fourth-order valence-electron chi connectivity index (χ4n) is 3.86. The van der Waals surface area contributed by atoms with Crippen LogP contribution in [-0.4, -0.2) is 49.8 Å². The summed E-state index contributed by atoms with van der Waals surface area (Å²) in [7, 11) is 0. The molecule has 0 saturated carbocycles. The Morgan fingerprint density at radius 2 is 1.88 bits per heavy atom. The zero-order valence-electron chi connectivity index (χ0n) is 17.9. The van der Waals surface area contributed by atoms with Crippen molar-refractivity contribution in [2.24, 2.45) is 0 Å². The van der Waals surface area contributed by atoms with E-state index in [2.05, 4.69) is 4.98 Å². The number of hydrogen-bond donors (Lipinski definition) is 1. The van der Waals surface area contributed by atoms with Gasteiger partial charge in [-0.3, -0.25) is 23.9 Å². The number of carbonyl (C=O) groups is 2. The van der Waals surface area contributed by atoms with Crippen LogP contribution >= 0.6 is 11.8 Å². The number of thioether (sulfide) groups is 1. The van der Waals surface area contributed by atoms with E-state index in [1.165, 1.54) is 45.5 Å². The molecule has 2 heterocycles. The molecule has 1 saturated heterocycles. The molecule has 7 nitrogen and oxygen atoms in total. The third-order valence-corrected chi connectivity index (χ3v) is 6.83. The number of imide groups is 1. The molecule has 0 aliphatic carbocycles. The van der Waals surface area contributed by atoms with Crippen LogP contribution in [0.4, 0.5) is 4.39 Å². The Labute approximate surface area is 194 Å². The van der Waals surface area contributed by atoms with E-state index in [4.69, 9.17) is 0 Å². The first-order valence-corrected chi connectivity index (χ1v) is 11.8. The Hall–Kier alpha value is -3.04. The van der Waals surface area contributed by atoms with Crippen LogP contribution in [0.25, 0.3) is 10.9 Å². The smallest absolute Gasteiger partial charge is 0.262 e. The molecule has 33 heavy (non-hydrogen) atoms. The Bertz CT molecular complexity index is 1230. The highest BCUT2D eigenvalue weighted by molar-refractivity contribution is 8.00. The van der Waals surface area contributed by atoms with Crippen LogP contribution in [-0.2, 0) is 11.3 Å². The number of amides is 2. The number of benzene rings is 2. The van der Waals surface area contributed by atoms with Crippen LogP contribution < -0.4 is 5.56 Å². The van der Waals surface area contributed by atoms with Crippen molar-refractivity contribution in [2.45, 2.75) is 42.6 Å². The largest absolute Gasteiger partial charge is 0.396 e. The van der Waals surface area contributed by atoms with Gasteiger partial charge < -0.3 is 5.11 Å². The quantitative estimate of drug-likeness (QED) is 0.440. The summed E-state index contributed by atoms with van der Waals surface area (Å²) in [6, 6.07) is 12.1. The Balaban J connectivity index is 1.66. The number of hydrogen-bond acceptors (Lipinski definition) is 6. The van der Waals surface area contributed by atoms with E-state index in [0.717, 1.165) is 6.42 Å². The van der Waals surface area contributed by atoms with Gasteiger partial charge in [-0.1, -0.05) is 30.3 Å². The molecular weight excluding hydrogens is 445 g/mol. The number of carbonyl (C=O) groups excluding carboxylic acids is 2. The first-order valence-electron chi connectivity index (χ1n) is 10.9. The number of rotatable bonds is 6. The van der Waals surface area contributed by atoms with Crippen LogP contribution in [0, 0.1) is 5.82 Å². The van der Waals surface area contributed by atoms with Gasteiger partial charge in [0.15, 0.2) is 5.16 Å². The molecule has 1 aliphatic heterocycles. The van der Waals surface area contributed by atoms with Gasteiger partial charge in [-0.05, 0) is 55.7 Å². The lowest BCUT2D eigenvalue weighted by Gasteiger charge is -2.23. The van der Waals surface area contributed by atoms with E-state index in [0.29, 0.717) is 35.3 Å². The van der Waals surface area contributed by atoms with E-state index >= 15 is 0 Å².